The molecule has 4 nitrogen and oxygen atoms in total. The molecule has 0 fully saturated rings. The normalized spacial score (nSPS) is 12.1. The molecule has 0 bridgehead atoms. The SMILES string of the molecule is CNS(=O)(=O)c1cccc2ccn(C)c12. The van der Waals surface area contributed by atoms with Gasteiger partial charge < -0.3 is 4.57 Å². The number of hydrogen-bond donors (Lipinski definition) is 1. The molecule has 0 aliphatic rings. The third kappa shape index (κ3) is 1.53. The first kappa shape index (κ1) is 10.2. The van der Waals surface area contributed by atoms with Crippen molar-refractivity contribution in [3.8, 4) is 0 Å². The van der Waals surface area contributed by atoms with Crippen LogP contribution in [0.4, 0.5) is 0 Å². The van der Waals surface area contributed by atoms with E-state index in [9.17, 15) is 8.42 Å². The van der Waals surface area contributed by atoms with E-state index in [2.05, 4.69) is 4.72 Å². The van der Waals surface area contributed by atoms with Crippen LogP contribution in [0.25, 0.3) is 10.9 Å². The first-order valence-corrected chi connectivity index (χ1v) is 6.02. The summed E-state index contributed by atoms with van der Waals surface area (Å²) in [7, 11) is -0.144. The number of nitrogens with zero attached hydrogens (tertiary/aromatic N) is 1. The maximum absolute atomic E-state index is 11.7. The number of para-hydroxylation sites is 1. The fourth-order valence-corrected chi connectivity index (χ4v) is 2.64. The fraction of sp³-hybridized carbons (Fsp3) is 0.200. The van der Waals surface area contributed by atoms with Crippen LogP contribution in [0.15, 0.2) is 35.4 Å². The van der Waals surface area contributed by atoms with Crippen molar-refractivity contribution in [2.45, 2.75) is 4.90 Å². The van der Waals surface area contributed by atoms with Crippen molar-refractivity contribution in [1.29, 1.82) is 0 Å². The van der Waals surface area contributed by atoms with Crippen molar-refractivity contribution in [3.63, 3.8) is 0 Å². The van der Waals surface area contributed by atoms with Crippen LogP contribution < -0.4 is 4.72 Å². The van der Waals surface area contributed by atoms with Crippen LogP contribution in [0.1, 0.15) is 0 Å². The highest BCUT2D eigenvalue weighted by Gasteiger charge is 2.16. The second-order valence-corrected chi connectivity index (χ2v) is 5.18. The van der Waals surface area contributed by atoms with Gasteiger partial charge >= 0.3 is 0 Å². The van der Waals surface area contributed by atoms with Gasteiger partial charge in [0.1, 0.15) is 4.90 Å². The lowest BCUT2D eigenvalue weighted by Crippen LogP contribution is -2.19. The molecule has 0 spiro atoms. The second kappa shape index (κ2) is 3.36. The van der Waals surface area contributed by atoms with E-state index >= 15 is 0 Å². The largest absolute Gasteiger partial charge is 0.349 e. The van der Waals surface area contributed by atoms with Gasteiger partial charge in [-0.05, 0) is 19.2 Å². The Morgan fingerprint density at radius 3 is 2.67 bits per heavy atom. The Hall–Kier alpha value is -1.33. The Kier molecular flexibility index (Phi) is 2.28. The maximum atomic E-state index is 11.7. The smallest absolute Gasteiger partial charge is 0.242 e. The summed E-state index contributed by atoms with van der Waals surface area (Å²) >= 11 is 0. The van der Waals surface area contributed by atoms with Gasteiger partial charge in [-0.1, -0.05) is 12.1 Å². The van der Waals surface area contributed by atoms with Crippen molar-refractivity contribution in [1.82, 2.24) is 9.29 Å². The third-order valence-corrected chi connectivity index (χ3v) is 3.86. The van der Waals surface area contributed by atoms with Crippen LogP contribution in [0.5, 0.6) is 0 Å². The Morgan fingerprint density at radius 1 is 1.27 bits per heavy atom. The van der Waals surface area contributed by atoms with E-state index < -0.39 is 10.0 Å². The average Bonchev–Trinajstić information content (AvgIpc) is 2.60. The summed E-state index contributed by atoms with van der Waals surface area (Å²) in [5.41, 5.74) is 0.729. The molecule has 1 N–H and O–H groups in total. The zero-order chi connectivity index (χ0) is 11.1. The molecular formula is C10H12N2O2S. The Bertz CT molecular complexity index is 599. The highest BCUT2D eigenvalue weighted by atomic mass is 32.2. The van der Waals surface area contributed by atoms with Crippen LogP contribution in [-0.4, -0.2) is 20.0 Å². The molecular weight excluding hydrogens is 212 g/mol. The average molecular weight is 224 g/mol. The molecule has 0 unspecified atom stereocenters. The molecule has 1 aromatic heterocycles. The number of aromatic nitrogens is 1. The molecule has 0 radical (unpaired) electrons. The summed E-state index contributed by atoms with van der Waals surface area (Å²) in [6, 6.07) is 7.13. The van der Waals surface area contributed by atoms with Crippen LogP contribution >= 0.6 is 0 Å². The van der Waals surface area contributed by atoms with Gasteiger partial charge in [-0.2, -0.15) is 0 Å². The fourth-order valence-electron chi connectivity index (χ4n) is 1.64. The molecule has 0 atom stereocenters. The predicted octanol–water partition coefficient (Wildman–Crippen LogP) is 1.09. The van der Waals surface area contributed by atoms with Gasteiger partial charge in [0.2, 0.25) is 10.0 Å². The van der Waals surface area contributed by atoms with Gasteiger partial charge in [0.05, 0.1) is 5.52 Å². The lowest BCUT2D eigenvalue weighted by Gasteiger charge is -2.06. The zero-order valence-electron chi connectivity index (χ0n) is 8.56. The van der Waals surface area contributed by atoms with E-state index in [0.717, 1.165) is 10.9 Å². The molecule has 1 heterocycles. The molecule has 80 valence electrons. The molecule has 0 saturated heterocycles. The zero-order valence-corrected chi connectivity index (χ0v) is 9.38. The molecule has 15 heavy (non-hydrogen) atoms. The molecule has 2 rings (SSSR count). The summed E-state index contributed by atoms with van der Waals surface area (Å²) in [6.07, 6.45) is 1.85. The van der Waals surface area contributed by atoms with Crippen LogP contribution in [-0.2, 0) is 17.1 Å². The van der Waals surface area contributed by atoms with E-state index in [0.29, 0.717) is 4.90 Å². The van der Waals surface area contributed by atoms with Gasteiger partial charge in [0.25, 0.3) is 0 Å². The minimum absolute atomic E-state index is 0.315. The lowest BCUT2D eigenvalue weighted by molar-refractivity contribution is 0.588. The van der Waals surface area contributed by atoms with Crippen molar-refractivity contribution in [2.75, 3.05) is 7.05 Å². The molecule has 0 saturated carbocycles. The minimum Gasteiger partial charge on any atom is -0.349 e. The summed E-state index contributed by atoms with van der Waals surface area (Å²) < 4.78 is 27.6. The Labute approximate surface area is 88.6 Å². The molecule has 0 aliphatic carbocycles. The topological polar surface area (TPSA) is 51.1 Å². The summed E-state index contributed by atoms with van der Waals surface area (Å²) in [4.78, 5) is 0.315. The Balaban J connectivity index is 2.87. The Morgan fingerprint density at radius 2 is 2.00 bits per heavy atom. The number of hydrogen-bond acceptors (Lipinski definition) is 2. The van der Waals surface area contributed by atoms with E-state index in [1.165, 1.54) is 7.05 Å². The lowest BCUT2D eigenvalue weighted by atomic mass is 10.2. The number of benzene rings is 1. The number of nitrogens with one attached hydrogen (secondary N) is 1. The molecule has 1 aromatic carbocycles. The van der Waals surface area contributed by atoms with Gasteiger partial charge in [-0.25, -0.2) is 13.1 Å². The summed E-state index contributed by atoms with van der Waals surface area (Å²) in [5.74, 6) is 0. The predicted molar refractivity (Wildman–Crippen MR) is 59.2 cm³/mol. The molecule has 0 amide bonds. The number of rotatable bonds is 2. The number of sulfonamides is 1. The van der Waals surface area contributed by atoms with E-state index in [1.807, 2.05) is 25.4 Å². The van der Waals surface area contributed by atoms with Crippen LogP contribution in [0.2, 0.25) is 0 Å². The highest BCUT2D eigenvalue weighted by Crippen LogP contribution is 2.22. The maximum Gasteiger partial charge on any atom is 0.242 e. The summed E-state index contributed by atoms with van der Waals surface area (Å²) in [5, 5.41) is 0.925. The van der Waals surface area contributed by atoms with Gasteiger partial charge in [0.15, 0.2) is 0 Å². The minimum atomic E-state index is -3.39. The van der Waals surface area contributed by atoms with Crippen molar-refractivity contribution in [2.24, 2.45) is 7.05 Å². The van der Waals surface area contributed by atoms with E-state index in [1.54, 1.807) is 16.7 Å². The first-order valence-electron chi connectivity index (χ1n) is 4.54. The van der Waals surface area contributed by atoms with Crippen molar-refractivity contribution >= 4 is 20.9 Å². The molecule has 5 heteroatoms. The first-order chi connectivity index (χ1) is 7.06. The van der Waals surface area contributed by atoms with Crippen molar-refractivity contribution < 1.29 is 8.42 Å². The third-order valence-electron chi connectivity index (χ3n) is 2.42. The number of aryl methyl sites for hydroxylation is 1. The van der Waals surface area contributed by atoms with Gasteiger partial charge in [-0.15, -0.1) is 0 Å². The van der Waals surface area contributed by atoms with Crippen molar-refractivity contribution in [3.05, 3.63) is 30.5 Å². The monoisotopic (exact) mass is 224 g/mol. The van der Waals surface area contributed by atoms with E-state index in [-0.39, 0.29) is 0 Å². The second-order valence-electron chi connectivity index (χ2n) is 3.33. The quantitative estimate of drug-likeness (QED) is 0.830. The molecule has 2 aromatic rings. The highest BCUT2D eigenvalue weighted by molar-refractivity contribution is 7.89. The van der Waals surface area contributed by atoms with Gasteiger partial charge in [0, 0.05) is 18.6 Å². The van der Waals surface area contributed by atoms with Crippen LogP contribution in [0.3, 0.4) is 0 Å². The molecule has 0 aliphatic heterocycles. The standard InChI is InChI=1S/C10H12N2O2S/c1-11-15(13,14)9-5-3-4-8-6-7-12(2)10(8)9/h3-7,11H,1-2H3. The van der Waals surface area contributed by atoms with Gasteiger partial charge in [-0.3, -0.25) is 0 Å². The number of fused-ring (bicyclic) bond motifs is 1. The van der Waals surface area contributed by atoms with Crippen LogP contribution in [0, 0.1) is 0 Å². The van der Waals surface area contributed by atoms with E-state index in [4.69, 9.17) is 0 Å². The summed E-state index contributed by atoms with van der Waals surface area (Å²) in [6.45, 7) is 0.